The van der Waals surface area contributed by atoms with Crippen LogP contribution in [0.4, 0.5) is 0 Å². The first-order valence-electron chi connectivity index (χ1n) is 10.8. The van der Waals surface area contributed by atoms with E-state index in [1.807, 2.05) is 13.8 Å². The van der Waals surface area contributed by atoms with Crippen LogP contribution in [0.2, 0.25) is 0 Å². The lowest BCUT2D eigenvalue weighted by Gasteiger charge is -2.17. The Morgan fingerprint density at radius 1 is 0.880 bits per heavy atom. The molecule has 0 aliphatic rings. The highest BCUT2D eigenvalue weighted by Gasteiger charge is 2.16. The minimum Gasteiger partial charge on any atom is -0.462 e. The fourth-order valence-electron chi connectivity index (χ4n) is 3.02. The molecule has 0 aliphatic carbocycles. The van der Waals surface area contributed by atoms with Crippen molar-refractivity contribution in [1.29, 1.82) is 0 Å². The molecule has 2 atom stereocenters. The predicted molar refractivity (Wildman–Crippen MR) is 108 cm³/mol. The smallest absolute Gasteiger partial charge is 0.323 e. The van der Waals surface area contributed by atoms with Gasteiger partial charge in [-0.15, -0.1) is 0 Å². The van der Waals surface area contributed by atoms with Crippen LogP contribution in [0, 0.1) is 0 Å². The van der Waals surface area contributed by atoms with Gasteiger partial charge < -0.3 is 15.8 Å². The summed E-state index contributed by atoms with van der Waals surface area (Å²) in [5.41, 5.74) is 5.42. The van der Waals surface area contributed by atoms with Gasteiger partial charge in [-0.1, -0.05) is 77.6 Å². The maximum absolute atomic E-state index is 11.9. The zero-order valence-electron chi connectivity index (χ0n) is 17.2. The molecule has 0 saturated heterocycles. The lowest BCUT2D eigenvalue weighted by Crippen LogP contribution is -2.39. The Morgan fingerprint density at radius 3 is 1.84 bits per heavy atom. The average Bonchev–Trinajstić information content (AvgIpc) is 2.60. The van der Waals surface area contributed by atoms with E-state index in [1.165, 1.54) is 70.6 Å². The summed E-state index contributed by atoms with van der Waals surface area (Å²) in [7, 11) is 0. The van der Waals surface area contributed by atoms with Gasteiger partial charge in [0.25, 0.3) is 0 Å². The molecule has 0 saturated carbocycles. The van der Waals surface area contributed by atoms with Crippen LogP contribution in [0.1, 0.15) is 104 Å². The second-order valence-electron chi connectivity index (χ2n) is 7.39. The van der Waals surface area contributed by atoms with Crippen molar-refractivity contribution < 1.29 is 9.53 Å². The number of nitrogens with one attached hydrogen (secondary N) is 1. The van der Waals surface area contributed by atoms with Crippen molar-refractivity contribution in [3.05, 3.63) is 0 Å². The fraction of sp³-hybridized carbons (Fsp3) is 0.952. The number of carbonyl (C=O) groups excluding carboxylic acids is 1. The fourth-order valence-corrected chi connectivity index (χ4v) is 3.02. The molecule has 0 aromatic rings. The first kappa shape index (κ1) is 24.4. The summed E-state index contributed by atoms with van der Waals surface area (Å²) in [5.74, 6) is -0.167. The highest BCUT2D eigenvalue weighted by atomic mass is 16.5. The van der Waals surface area contributed by atoms with Gasteiger partial charge in [-0.25, -0.2) is 0 Å². The van der Waals surface area contributed by atoms with Crippen LogP contribution in [0.3, 0.4) is 0 Å². The molecule has 0 amide bonds. The first-order valence-corrected chi connectivity index (χ1v) is 10.8. The molecular weight excluding hydrogens is 312 g/mol. The molecule has 0 heterocycles. The first-order chi connectivity index (χ1) is 12.1. The Kier molecular flexibility index (Phi) is 17.7. The number of rotatable bonds is 18. The minimum absolute atomic E-state index is 0.0118. The SMILES string of the molecule is CCCCCCCCCCCCCCC(C)OC(=O)C(C)NCCN. The Hall–Kier alpha value is -0.610. The van der Waals surface area contributed by atoms with Crippen molar-refractivity contribution in [1.82, 2.24) is 5.32 Å². The number of ether oxygens (including phenoxy) is 1. The molecule has 2 unspecified atom stereocenters. The third-order valence-electron chi connectivity index (χ3n) is 4.73. The van der Waals surface area contributed by atoms with Crippen molar-refractivity contribution in [2.75, 3.05) is 13.1 Å². The second kappa shape index (κ2) is 18.2. The van der Waals surface area contributed by atoms with Gasteiger partial charge in [0.05, 0.1) is 6.10 Å². The Bertz CT molecular complexity index is 298. The van der Waals surface area contributed by atoms with E-state index < -0.39 is 0 Å². The number of hydrogen-bond donors (Lipinski definition) is 2. The lowest BCUT2D eigenvalue weighted by molar-refractivity contribution is -0.150. The molecule has 150 valence electrons. The average molecular weight is 357 g/mol. The molecular formula is C21H44N2O2. The van der Waals surface area contributed by atoms with Gasteiger partial charge in [0.1, 0.15) is 6.04 Å². The monoisotopic (exact) mass is 356 g/mol. The van der Waals surface area contributed by atoms with Crippen LogP contribution in [0.25, 0.3) is 0 Å². The Labute approximate surface area is 156 Å². The molecule has 25 heavy (non-hydrogen) atoms. The van der Waals surface area contributed by atoms with E-state index in [0.717, 1.165) is 12.8 Å². The molecule has 4 nitrogen and oxygen atoms in total. The van der Waals surface area contributed by atoms with E-state index >= 15 is 0 Å². The quantitative estimate of drug-likeness (QED) is 0.269. The number of carbonyl (C=O) groups is 1. The Morgan fingerprint density at radius 2 is 1.36 bits per heavy atom. The third kappa shape index (κ3) is 16.6. The summed E-state index contributed by atoms with van der Waals surface area (Å²) in [4.78, 5) is 11.9. The van der Waals surface area contributed by atoms with E-state index in [9.17, 15) is 4.79 Å². The summed E-state index contributed by atoms with van der Waals surface area (Å²) < 4.78 is 5.47. The summed E-state index contributed by atoms with van der Waals surface area (Å²) in [6.45, 7) is 7.27. The number of esters is 1. The van der Waals surface area contributed by atoms with Gasteiger partial charge in [-0.3, -0.25) is 4.79 Å². The van der Waals surface area contributed by atoms with E-state index in [0.29, 0.717) is 13.1 Å². The highest BCUT2D eigenvalue weighted by Crippen LogP contribution is 2.13. The Balaban J connectivity index is 3.37. The van der Waals surface area contributed by atoms with Crippen LogP contribution in [0.15, 0.2) is 0 Å². The molecule has 4 heteroatoms. The summed E-state index contributed by atoms with van der Waals surface area (Å²) >= 11 is 0. The predicted octanol–water partition coefficient (Wildman–Crippen LogP) is 4.95. The second-order valence-corrected chi connectivity index (χ2v) is 7.39. The van der Waals surface area contributed by atoms with Crippen LogP contribution in [-0.2, 0) is 9.53 Å². The van der Waals surface area contributed by atoms with E-state index in [4.69, 9.17) is 10.5 Å². The summed E-state index contributed by atoms with van der Waals surface area (Å²) in [6.07, 6.45) is 17.2. The zero-order valence-corrected chi connectivity index (χ0v) is 17.2. The topological polar surface area (TPSA) is 64.3 Å². The zero-order chi connectivity index (χ0) is 18.8. The molecule has 0 bridgehead atoms. The van der Waals surface area contributed by atoms with Crippen molar-refractivity contribution >= 4 is 5.97 Å². The van der Waals surface area contributed by atoms with Gasteiger partial charge >= 0.3 is 5.97 Å². The van der Waals surface area contributed by atoms with Crippen LogP contribution < -0.4 is 11.1 Å². The van der Waals surface area contributed by atoms with E-state index in [-0.39, 0.29) is 18.1 Å². The van der Waals surface area contributed by atoms with Gasteiger partial charge in [0.15, 0.2) is 0 Å². The third-order valence-corrected chi connectivity index (χ3v) is 4.73. The van der Waals surface area contributed by atoms with Crippen LogP contribution in [0.5, 0.6) is 0 Å². The molecule has 0 aliphatic heterocycles. The van der Waals surface area contributed by atoms with Crippen molar-refractivity contribution in [3.8, 4) is 0 Å². The molecule has 0 radical (unpaired) electrons. The lowest BCUT2D eigenvalue weighted by atomic mass is 10.0. The number of unbranched alkanes of at least 4 members (excludes halogenated alkanes) is 11. The van der Waals surface area contributed by atoms with E-state index in [1.54, 1.807) is 0 Å². The number of nitrogens with two attached hydrogens (primary N) is 1. The summed E-state index contributed by atoms with van der Waals surface area (Å²) in [6, 6.07) is -0.270. The standard InChI is InChI=1S/C21H44N2O2/c1-4-5-6-7-8-9-10-11-12-13-14-15-16-19(2)25-21(24)20(3)23-18-17-22/h19-20,23H,4-18,22H2,1-3H3. The van der Waals surface area contributed by atoms with Crippen molar-refractivity contribution in [2.24, 2.45) is 5.73 Å². The molecule has 3 N–H and O–H groups in total. The van der Waals surface area contributed by atoms with Crippen molar-refractivity contribution in [3.63, 3.8) is 0 Å². The maximum atomic E-state index is 11.9. The van der Waals surface area contributed by atoms with Gasteiger partial charge in [-0.2, -0.15) is 0 Å². The largest absolute Gasteiger partial charge is 0.462 e. The molecule has 0 rings (SSSR count). The highest BCUT2D eigenvalue weighted by molar-refractivity contribution is 5.75. The van der Waals surface area contributed by atoms with Gasteiger partial charge in [0, 0.05) is 13.1 Å². The number of hydrogen-bond acceptors (Lipinski definition) is 4. The molecule has 0 spiro atoms. The normalized spacial score (nSPS) is 13.6. The minimum atomic E-state index is -0.270. The van der Waals surface area contributed by atoms with Gasteiger partial charge in [0.2, 0.25) is 0 Å². The summed E-state index contributed by atoms with van der Waals surface area (Å²) in [5, 5.41) is 3.05. The molecule has 0 fully saturated rings. The maximum Gasteiger partial charge on any atom is 0.323 e. The molecule has 0 aromatic heterocycles. The molecule has 0 aromatic carbocycles. The van der Waals surface area contributed by atoms with Crippen molar-refractivity contribution in [2.45, 2.75) is 116 Å². The van der Waals surface area contributed by atoms with E-state index in [2.05, 4.69) is 12.2 Å². The van der Waals surface area contributed by atoms with Crippen LogP contribution >= 0.6 is 0 Å². The van der Waals surface area contributed by atoms with Gasteiger partial charge in [-0.05, 0) is 26.7 Å². The van der Waals surface area contributed by atoms with Crippen LogP contribution in [-0.4, -0.2) is 31.2 Å².